The van der Waals surface area contributed by atoms with E-state index in [1.165, 1.54) is 4.90 Å². The van der Waals surface area contributed by atoms with Crippen LogP contribution in [0.2, 0.25) is 5.02 Å². The molecule has 0 saturated heterocycles. The molecular weight excluding hydrogens is 344 g/mol. The number of halogens is 1. The minimum Gasteiger partial charge on any atom is -0.356 e. The van der Waals surface area contributed by atoms with Crippen molar-refractivity contribution in [3.8, 4) is 0 Å². The minimum atomic E-state index is -0.494. The first-order valence-corrected chi connectivity index (χ1v) is 9.36. The van der Waals surface area contributed by atoms with E-state index in [1.54, 1.807) is 18.8 Å². The number of hydrogen-bond donors (Lipinski definition) is 3. The number of carbonyl (C=O) groups excluding carboxylic acids is 1. The quantitative estimate of drug-likeness (QED) is 0.285. The lowest BCUT2D eigenvalue weighted by Crippen LogP contribution is -2.48. The maximum atomic E-state index is 12.0. The van der Waals surface area contributed by atoms with Crippen molar-refractivity contribution < 1.29 is 4.79 Å². The molecule has 0 saturated carbocycles. The SMILES string of the molecule is CCNC(=O)C(C)(C)CNC(=NC)NCCSc1ccc(Cl)cc1. The molecule has 0 aliphatic heterocycles. The first-order chi connectivity index (χ1) is 11.4. The maximum Gasteiger partial charge on any atom is 0.227 e. The largest absolute Gasteiger partial charge is 0.356 e. The van der Waals surface area contributed by atoms with Gasteiger partial charge in [0.05, 0.1) is 5.41 Å². The van der Waals surface area contributed by atoms with Crippen LogP contribution < -0.4 is 16.0 Å². The summed E-state index contributed by atoms with van der Waals surface area (Å²) in [5, 5.41) is 10.1. The molecule has 1 rings (SSSR count). The summed E-state index contributed by atoms with van der Waals surface area (Å²) < 4.78 is 0. The molecule has 3 N–H and O–H groups in total. The third-order valence-electron chi connectivity index (χ3n) is 3.35. The Hall–Kier alpha value is -1.40. The highest BCUT2D eigenvalue weighted by atomic mass is 35.5. The predicted octanol–water partition coefficient (Wildman–Crippen LogP) is 2.76. The highest BCUT2D eigenvalue weighted by molar-refractivity contribution is 7.99. The van der Waals surface area contributed by atoms with Crippen molar-refractivity contribution in [1.29, 1.82) is 0 Å². The summed E-state index contributed by atoms with van der Waals surface area (Å²) in [6.07, 6.45) is 0. The van der Waals surface area contributed by atoms with Gasteiger partial charge in [-0.15, -0.1) is 11.8 Å². The Kier molecular flexibility index (Phi) is 9.00. The van der Waals surface area contributed by atoms with E-state index in [-0.39, 0.29) is 5.91 Å². The van der Waals surface area contributed by atoms with E-state index < -0.39 is 5.41 Å². The van der Waals surface area contributed by atoms with Crippen molar-refractivity contribution in [3.05, 3.63) is 29.3 Å². The second kappa shape index (κ2) is 10.5. The van der Waals surface area contributed by atoms with Gasteiger partial charge in [0, 0.05) is 42.4 Å². The molecule has 7 heteroatoms. The Morgan fingerprint density at radius 2 is 1.88 bits per heavy atom. The van der Waals surface area contributed by atoms with Gasteiger partial charge in [0.15, 0.2) is 5.96 Å². The fourth-order valence-electron chi connectivity index (χ4n) is 1.87. The zero-order valence-corrected chi connectivity index (χ0v) is 16.4. The van der Waals surface area contributed by atoms with Gasteiger partial charge in [-0.2, -0.15) is 0 Å². The fourth-order valence-corrected chi connectivity index (χ4v) is 2.77. The summed E-state index contributed by atoms with van der Waals surface area (Å²) in [6, 6.07) is 7.80. The molecule has 0 fully saturated rings. The molecule has 0 aliphatic carbocycles. The van der Waals surface area contributed by atoms with Gasteiger partial charge in [-0.1, -0.05) is 11.6 Å². The Morgan fingerprint density at radius 1 is 1.21 bits per heavy atom. The molecule has 24 heavy (non-hydrogen) atoms. The predicted molar refractivity (Wildman–Crippen MR) is 104 cm³/mol. The summed E-state index contributed by atoms with van der Waals surface area (Å²) in [7, 11) is 1.72. The van der Waals surface area contributed by atoms with Gasteiger partial charge in [0.1, 0.15) is 0 Å². The lowest BCUT2D eigenvalue weighted by Gasteiger charge is -2.24. The van der Waals surface area contributed by atoms with Crippen LogP contribution in [0, 0.1) is 5.41 Å². The number of nitrogens with zero attached hydrogens (tertiary/aromatic N) is 1. The molecule has 0 spiro atoms. The summed E-state index contributed by atoms with van der Waals surface area (Å²) in [5.41, 5.74) is -0.494. The zero-order chi connectivity index (χ0) is 18.0. The molecule has 0 atom stereocenters. The van der Waals surface area contributed by atoms with Gasteiger partial charge >= 0.3 is 0 Å². The molecule has 0 aromatic heterocycles. The lowest BCUT2D eigenvalue weighted by molar-refractivity contribution is -0.128. The fraction of sp³-hybridized carbons (Fsp3) is 0.529. The van der Waals surface area contributed by atoms with E-state index >= 15 is 0 Å². The molecule has 0 aliphatic rings. The van der Waals surface area contributed by atoms with Crippen molar-refractivity contribution in [2.24, 2.45) is 10.4 Å². The van der Waals surface area contributed by atoms with Crippen LogP contribution in [0.25, 0.3) is 0 Å². The number of thioether (sulfide) groups is 1. The summed E-state index contributed by atoms with van der Waals surface area (Å²) in [6.45, 7) is 7.66. The molecule has 5 nitrogen and oxygen atoms in total. The topological polar surface area (TPSA) is 65.5 Å². The van der Waals surface area contributed by atoms with E-state index in [1.807, 2.05) is 45.0 Å². The average Bonchev–Trinajstić information content (AvgIpc) is 2.56. The molecular formula is C17H27ClN4OS. The van der Waals surface area contributed by atoms with Crippen LogP contribution in [-0.2, 0) is 4.79 Å². The van der Waals surface area contributed by atoms with E-state index in [4.69, 9.17) is 11.6 Å². The van der Waals surface area contributed by atoms with E-state index in [2.05, 4.69) is 20.9 Å². The van der Waals surface area contributed by atoms with Crippen molar-refractivity contribution in [3.63, 3.8) is 0 Å². The van der Waals surface area contributed by atoms with Crippen LogP contribution in [0.3, 0.4) is 0 Å². The maximum absolute atomic E-state index is 12.0. The van der Waals surface area contributed by atoms with E-state index in [0.29, 0.717) is 19.0 Å². The number of hydrogen-bond acceptors (Lipinski definition) is 3. The number of carbonyl (C=O) groups is 1. The Morgan fingerprint density at radius 3 is 2.46 bits per heavy atom. The van der Waals surface area contributed by atoms with Crippen molar-refractivity contribution in [1.82, 2.24) is 16.0 Å². The van der Waals surface area contributed by atoms with Crippen molar-refractivity contribution >= 4 is 35.2 Å². The number of nitrogens with one attached hydrogen (secondary N) is 3. The zero-order valence-electron chi connectivity index (χ0n) is 14.8. The molecule has 1 aromatic carbocycles. The first kappa shape index (κ1) is 20.6. The van der Waals surface area contributed by atoms with Crippen LogP contribution in [0.4, 0.5) is 0 Å². The number of aliphatic imine (C=N–C) groups is 1. The highest BCUT2D eigenvalue weighted by Crippen LogP contribution is 2.19. The van der Waals surface area contributed by atoms with Gasteiger partial charge in [-0.25, -0.2) is 0 Å². The lowest BCUT2D eigenvalue weighted by atomic mass is 9.92. The van der Waals surface area contributed by atoms with Gasteiger partial charge in [-0.3, -0.25) is 9.79 Å². The molecule has 0 unspecified atom stereocenters. The summed E-state index contributed by atoms with van der Waals surface area (Å²) in [5.74, 6) is 1.64. The number of guanidine groups is 1. The average molecular weight is 371 g/mol. The molecule has 0 bridgehead atoms. The van der Waals surface area contributed by atoms with Crippen molar-refractivity contribution in [2.75, 3.05) is 32.4 Å². The third kappa shape index (κ3) is 7.45. The normalized spacial score (nSPS) is 12.0. The molecule has 1 aromatic rings. The Labute approximate surface area is 154 Å². The van der Waals surface area contributed by atoms with Crippen LogP contribution >= 0.6 is 23.4 Å². The second-order valence-electron chi connectivity index (χ2n) is 5.90. The molecule has 0 radical (unpaired) electrons. The Bertz CT molecular complexity index is 546. The monoisotopic (exact) mass is 370 g/mol. The third-order valence-corrected chi connectivity index (χ3v) is 4.62. The van der Waals surface area contributed by atoms with E-state index in [0.717, 1.165) is 17.3 Å². The summed E-state index contributed by atoms with van der Waals surface area (Å²) >= 11 is 7.62. The standard InChI is InChI=1S/C17H27ClN4OS/c1-5-20-15(23)17(2,3)12-22-16(19-4)21-10-11-24-14-8-6-13(18)7-9-14/h6-9H,5,10-12H2,1-4H3,(H,20,23)(H2,19,21,22). The van der Waals surface area contributed by atoms with Crippen LogP contribution in [-0.4, -0.2) is 44.3 Å². The number of benzene rings is 1. The minimum absolute atomic E-state index is 0.0336. The van der Waals surface area contributed by atoms with Crippen molar-refractivity contribution in [2.45, 2.75) is 25.7 Å². The van der Waals surface area contributed by atoms with Crippen LogP contribution in [0.5, 0.6) is 0 Å². The second-order valence-corrected chi connectivity index (χ2v) is 7.50. The van der Waals surface area contributed by atoms with Gasteiger partial charge in [-0.05, 0) is 45.0 Å². The first-order valence-electron chi connectivity index (χ1n) is 8.00. The number of amides is 1. The molecule has 0 heterocycles. The van der Waals surface area contributed by atoms with Gasteiger partial charge in [0.25, 0.3) is 0 Å². The summed E-state index contributed by atoms with van der Waals surface area (Å²) in [4.78, 5) is 17.4. The van der Waals surface area contributed by atoms with E-state index in [9.17, 15) is 4.79 Å². The van der Waals surface area contributed by atoms with Gasteiger partial charge < -0.3 is 16.0 Å². The number of rotatable bonds is 8. The molecule has 1 amide bonds. The highest BCUT2D eigenvalue weighted by Gasteiger charge is 2.27. The Balaban J connectivity index is 2.32. The van der Waals surface area contributed by atoms with Crippen LogP contribution in [0.15, 0.2) is 34.2 Å². The smallest absolute Gasteiger partial charge is 0.227 e. The van der Waals surface area contributed by atoms with Crippen LogP contribution in [0.1, 0.15) is 20.8 Å². The van der Waals surface area contributed by atoms with Gasteiger partial charge in [0.2, 0.25) is 5.91 Å². The molecule has 134 valence electrons.